The van der Waals surface area contributed by atoms with Crippen molar-refractivity contribution in [2.24, 2.45) is 0 Å². The van der Waals surface area contributed by atoms with Gasteiger partial charge in [0.25, 0.3) is 0 Å². The van der Waals surface area contributed by atoms with Gasteiger partial charge in [-0.05, 0) is 82.6 Å². The summed E-state index contributed by atoms with van der Waals surface area (Å²) < 4.78 is 0. The molecule has 0 bridgehead atoms. The predicted molar refractivity (Wildman–Crippen MR) is 123 cm³/mol. The van der Waals surface area contributed by atoms with Gasteiger partial charge in [-0.3, -0.25) is 4.98 Å². The molecule has 156 valence electrons. The second-order valence-corrected chi connectivity index (χ2v) is 8.29. The summed E-state index contributed by atoms with van der Waals surface area (Å²) in [5.74, 6) is 2.01. The molecule has 0 spiro atoms. The highest BCUT2D eigenvalue weighted by atomic mass is 15.1. The molecule has 2 N–H and O–H groups in total. The van der Waals surface area contributed by atoms with Gasteiger partial charge in [0.2, 0.25) is 5.95 Å². The molecule has 6 nitrogen and oxygen atoms in total. The third-order valence-electron chi connectivity index (χ3n) is 5.51. The van der Waals surface area contributed by atoms with Gasteiger partial charge >= 0.3 is 0 Å². The van der Waals surface area contributed by atoms with Crippen molar-refractivity contribution >= 4 is 17.5 Å². The molecule has 1 aliphatic heterocycles. The minimum Gasteiger partial charge on any atom is -0.367 e. The molecule has 0 atom stereocenters. The Balaban J connectivity index is 1.51. The van der Waals surface area contributed by atoms with Crippen LogP contribution in [0.25, 0.3) is 11.3 Å². The second-order valence-electron chi connectivity index (χ2n) is 8.29. The van der Waals surface area contributed by atoms with Gasteiger partial charge in [-0.25, -0.2) is 4.98 Å². The zero-order valence-electron chi connectivity index (χ0n) is 18.0. The maximum Gasteiger partial charge on any atom is 0.229 e. The number of nitrogens with zero attached hydrogens (tertiary/aromatic N) is 4. The summed E-state index contributed by atoms with van der Waals surface area (Å²) in [6, 6.07) is 14.8. The fraction of sp³-hybridized carbons (Fsp3) is 0.375. The van der Waals surface area contributed by atoms with Gasteiger partial charge in [-0.2, -0.15) is 4.98 Å². The molecule has 30 heavy (non-hydrogen) atoms. The van der Waals surface area contributed by atoms with Crippen LogP contribution < -0.4 is 10.6 Å². The van der Waals surface area contributed by atoms with Crippen molar-refractivity contribution in [2.45, 2.75) is 38.6 Å². The molecule has 1 saturated heterocycles. The van der Waals surface area contributed by atoms with Gasteiger partial charge in [-0.1, -0.05) is 18.2 Å². The van der Waals surface area contributed by atoms with E-state index in [0.717, 1.165) is 22.8 Å². The van der Waals surface area contributed by atoms with Crippen LogP contribution >= 0.6 is 0 Å². The van der Waals surface area contributed by atoms with E-state index in [1.165, 1.54) is 31.5 Å². The standard InChI is InChI=1S/C24H30N6/c1-17(2)27-23-21(22-6-4-5-13-25-22)16-26-24(29-23)28-20-9-7-18(8-10-20)19-11-14-30(3)15-12-19/h4-10,13,16-17,19H,11-12,14-15H2,1-3H3,(H2,26,27,28,29). The van der Waals surface area contributed by atoms with Crippen molar-refractivity contribution in [3.8, 4) is 11.3 Å². The SMILES string of the molecule is CC(C)Nc1nc(Nc2ccc(C3CCN(C)CC3)cc2)ncc1-c1ccccn1. The number of benzene rings is 1. The number of likely N-dealkylation sites (tertiary alicyclic amines) is 1. The molecule has 6 heteroatoms. The first-order valence-electron chi connectivity index (χ1n) is 10.7. The minimum absolute atomic E-state index is 0.254. The lowest BCUT2D eigenvalue weighted by molar-refractivity contribution is 0.255. The Hall–Kier alpha value is -2.99. The molecule has 0 unspecified atom stereocenters. The highest BCUT2D eigenvalue weighted by molar-refractivity contribution is 5.73. The van der Waals surface area contributed by atoms with E-state index in [0.29, 0.717) is 11.9 Å². The summed E-state index contributed by atoms with van der Waals surface area (Å²) in [6.07, 6.45) is 6.07. The molecule has 0 aliphatic carbocycles. The number of piperidine rings is 1. The molecule has 1 aromatic carbocycles. The minimum atomic E-state index is 0.254. The number of anilines is 3. The number of aromatic nitrogens is 3. The number of pyridine rings is 1. The maximum atomic E-state index is 4.73. The molecular weight excluding hydrogens is 372 g/mol. The van der Waals surface area contributed by atoms with Crippen LogP contribution in [0.5, 0.6) is 0 Å². The Labute approximate surface area is 178 Å². The van der Waals surface area contributed by atoms with Gasteiger partial charge < -0.3 is 15.5 Å². The van der Waals surface area contributed by atoms with Gasteiger partial charge in [0.1, 0.15) is 5.82 Å². The summed E-state index contributed by atoms with van der Waals surface area (Å²) in [5.41, 5.74) is 4.16. The van der Waals surface area contributed by atoms with Gasteiger partial charge in [0, 0.05) is 24.1 Å². The van der Waals surface area contributed by atoms with E-state index in [9.17, 15) is 0 Å². The van der Waals surface area contributed by atoms with Crippen molar-refractivity contribution in [1.82, 2.24) is 19.9 Å². The fourth-order valence-electron chi connectivity index (χ4n) is 3.84. The molecular formula is C24H30N6. The van der Waals surface area contributed by atoms with E-state index in [1.54, 1.807) is 6.20 Å². The van der Waals surface area contributed by atoms with Crippen LogP contribution in [0, 0.1) is 0 Å². The van der Waals surface area contributed by atoms with Gasteiger partial charge in [0.15, 0.2) is 0 Å². The first kappa shape index (κ1) is 20.3. The van der Waals surface area contributed by atoms with Crippen LogP contribution in [-0.4, -0.2) is 46.0 Å². The molecule has 4 rings (SSSR count). The molecule has 1 aliphatic rings. The molecule has 0 radical (unpaired) electrons. The first-order chi connectivity index (χ1) is 14.6. The van der Waals surface area contributed by atoms with E-state index >= 15 is 0 Å². The summed E-state index contributed by atoms with van der Waals surface area (Å²) >= 11 is 0. The van der Waals surface area contributed by atoms with E-state index in [4.69, 9.17) is 4.98 Å². The Morgan fingerprint density at radius 3 is 2.43 bits per heavy atom. The van der Waals surface area contributed by atoms with Crippen molar-refractivity contribution in [3.05, 3.63) is 60.4 Å². The normalized spacial score (nSPS) is 15.3. The topological polar surface area (TPSA) is 66.0 Å². The van der Waals surface area contributed by atoms with Crippen molar-refractivity contribution in [2.75, 3.05) is 30.8 Å². The lowest BCUT2D eigenvalue weighted by atomic mass is 9.89. The predicted octanol–water partition coefficient (Wildman–Crippen LogP) is 4.91. The van der Waals surface area contributed by atoms with Crippen LogP contribution in [0.15, 0.2) is 54.9 Å². The summed E-state index contributed by atoms with van der Waals surface area (Å²) in [5, 5.41) is 6.76. The monoisotopic (exact) mass is 402 g/mol. The highest BCUT2D eigenvalue weighted by Crippen LogP contribution is 2.29. The Morgan fingerprint density at radius 1 is 1.00 bits per heavy atom. The second kappa shape index (κ2) is 9.22. The summed E-state index contributed by atoms with van der Waals surface area (Å²) in [6.45, 7) is 6.54. The Kier molecular flexibility index (Phi) is 6.23. The average Bonchev–Trinajstić information content (AvgIpc) is 2.75. The average molecular weight is 403 g/mol. The third-order valence-corrected chi connectivity index (χ3v) is 5.51. The molecule has 3 heterocycles. The Morgan fingerprint density at radius 2 is 1.77 bits per heavy atom. The van der Waals surface area contributed by atoms with Crippen LogP contribution in [0.3, 0.4) is 0 Å². The molecule has 3 aromatic rings. The van der Waals surface area contributed by atoms with E-state index in [2.05, 4.69) is 70.7 Å². The van der Waals surface area contributed by atoms with Gasteiger partial charge in [0.05, 0.1) is 11.3 Å². The number of nitrogens with one attached hydrogen (secondary N) is 2. The summed E-state index contributed by atoms with van der Waals surface area (Å²) in [7, 11) is 2.20. The number of hydrogen-bond donors (Lipinski definition) is 2. The third kappa shape index (κ3) is 4.94. The van der Waals surface area contributed by atoms with Crippen LogP contribution in [0.2, 0.25) is 0 Å². The van der Waals surface area contributed by atoms with E-state index < -0.39 is 0 Å². The fourth-order valence-corrected chi connectivity index (χ4v) is 3.84. The van der Waals surface area contributed by atoms with Crippen LogP contribution in [-0.2, 0) is 0 Å². The number of hydrogen-bond acceptors (Lipinski definition) is 6. The lowest BCUT2D eigenvalue weighted by Gasteiger charge is -2.29. The zero-order chi connectivity index (χ0) is 20.9. The lowest BCUT2D eigenvalue weighted by Crippen LogP contribution is -2.29. The summed E-state index contributed by atoms with van der Waals surface area (Å²) in [4.78, 5) is 16.1. The van der Waals surface area contributed by atoms with E-state index in [1.807, 2.05) is 24.4 Å². The molecule has 0 saturated carbocycles. The van der Waals surface area contributed by atoms with Crippen molar-refractivity contribution in [3.63, 3.8) is 0 Å². The van der Waals surface area contributed by atoms with Crippen LogP contribution in [0.4, 0.5) is 17.5 Å². The first-order valence-corrected chi connectivity index (χ1v) is 10.7. The van der Waals surface area contributed by atoms with Crippen molar-refractivity contribution < 1.29 is 0 Å². The smallest absolute Gasteiger partial charge is 0.229 e. The highest BCUT2D eigenvalue weighted by Gasteiger charge is 2.18. The van der Waals surface area contributed by atoms with Crippen LogP contribution in [0.1, 0.15) is 38.2 Å². The molecule has 1 fully saturated rings. The number of rotatable bonds is 6. The zero-order valence-corrected chi connectivity index (χ0v) is 18.0. The van der Waals surface area contributed by atoms with E-state index in [-0.39, 0.29) is 6.04 Å². The maximum absolute atomic E-state index is 4.73. The largest absolute Gasteiger partial charge is 0.367 e. The molecule has 0 amide bonds. The Bertz CT molecular complexity index is 947. The molecule has 2 aromatic heterocycles. The van der Waals surface area contributed by atoms with Crippen molar-refractivity contribution in [1.29, 1.82) is 0 Å². The van der Waals surface area contributed by atoms with Gasteiger partial charge in [-0.15, -0.1) is 0 Å². The quantitative estimate of drug-likeness (QED) is 0.611.